The van der Waals surface area contributed by atoms with Gasteiger partial charge in [0.05, 0.1) is 12.2 Å². The Bertz CT molecular complexity index is 807. The van der Waals surface area contributed by atoms with E-state index in [1.807, 2.05) is 0 Å². The first-order valence-corrected chi connectivity index (χ1v) is 7.81. The second-order valence-corrected chi connectivity index (χ2v) is 5.40. The van der Waals surface area contributed by atoms with Gasteiger partial charge >= 0.3 is 12.1 Å². The number of likely N-dealkylation sites (N-methyl/N-ethyl adjacent to an activating group) is 1. The molecule has 0 saturated heterocycles. The molecule has 0 aliphatic carbocycles. The van der Waals surface area contributed by atoms with E-state index < -0.39 is 17.7 Å². The van der Waals surface area contributed by atoms with Gasteiger partial charge in [-0.3, -0.25) is 0 Å². The Morgan fingerprint density at radius 2 is 2.12 bits per heavy atom. The van der Waals surface area contributed by atoms with E-state index in [2.05, 4.69) is 16.5 Å². The van der Waals surface area contributed by atoms with Crippen molar-refractivity contribution < 1.29 is 22.7 Å². The van der Waals surface area contributed by atoms with Crippen molar-refractivity contribution in [2.75, 3.05) is 25.1 Å². The van der Waals surface area contributed by atoms with E-state index in [1.54, 1.807) is 24.9 Å². The molecule has 8 heteroatoms. The number of aromatic nitrogens is 2. The highest BCUT2D eigenvalue weighted by atomic mass is 19.4. The minimum atomic E-state index is -4.47. The molecule has 1 aromatic carbocycles. The Hall–Kier alpha value is -2.90. The minimum Gasteiger partial charge on any atom is -0.462 e. The first kappa shape index (κ1) is 19.4. The molecule has 0 aliphatic heterocycles. The second-order valence-electron chi connectivity index (χ2n) is 5.40. The Kier molecular flexibility index (Phi) is 5.97. The van der Waals surface area contributed by atoms with Gasteiger partial charge in [0.2, 0.25) is 0 Å². The number of ether oxygens (including phenoxy) is 1. The highest BCUT2D eigenvalue weighted by Gasteiger charge is 2.30. The largest absolute Gasteiger partial charge is 0.462 e. The van der Waals surface area contributed by atoms with Crippen LogP contribution in [0.1, 0.15) is 22.8 Å². The van der Waals surface area contributed by atoms with E-state index in [0.29, 0.717) is 6.54 Å². The van der Waals surface area contributed by atoms with Gasteiger partial charge in [-0.05, 0) is 19.1 Å². The fourth-order valence-electron chi connectivity index (χ4n) is 2.27. The van der Waals surface area contributed by atoms with E-state index >= 15 is 0 Å². The smallest absolute Gasteiger partial charge is 0.416 e. The van der Waals surface area contributed by atoms with Crippen LogP contribution in [0.4, 0.5) is 19.0 Å². The number of hydrogen-bond acceptors (Lipinski definition) is 5. The summed E-state index contributed by atoms with van der Waals surface area (Å²) in [6.45, 7) is 5.86. The fraction of sp³-hybridized carbons (Fsp3) is 0.278. The molecular formula is C18H18F3N3O2. The molecule has 1 aromatic heterocycles. The molecule has 0 fully saturated rings. The molecule has 0 saturated carbocycles. The standard InChI is InChI=1S/C18H18F3N3O2/c1-4-9-24(3)16-14(17(25)26-5-2)11-22-15(23-16)12-7-6-8-13(10-12)18(19,20)21/h4,6-8,10-11H,1,5,9H2,2-3H3. The molecule has 0 aliphatic rings. The molecule has 2 aromatic rings. The minimum absolute atomic E-state index is 0.0788. The van der Waals surface area contributed by atoms with Gasteiger partial charge in [-0.15, -0.1) is 6.58 Å². The lowest BCUT2D eigenvalue weighted by Gasteiger charge is -2.19. The number of rotatable bonds is 6. The van der Waals surface area contributed by atoms with Crippen LogP contribution in [0.5, 0.6) is 0 Å². The monoisotopic (exact) mass is 365 g/mol. The van der Waals surface area contributed by atoms with Crippen molar-refractivity contribution >= 4 is 11.8 Å². The van der Waals surface area contributed by atoms with Gasteiger partial charge in [0, 0.05) is 25.4 Å². The molecule has 0 spiro atoms. The van der Waals surface area contributed by atoms with E-state index in [-0.39, 0.29) is 29.4 Å². The Morgan fingerprint density at radius 1 is 1.38 bits per heavy atom. The first-order valence-electron chi connectivity index (χ1n) is 7.81. The summed E-state index contributed by atoms with van der Waals surface area (Å²) in [6, 6.07) is 4.71. The molecule has 138 valence electrons. The van der Waals surface area contributed by atoms with Crippen molar-refractivity contribution in [2.24, 2.45) is 0 Å². The summed E-state index contributed by atoms with van der Waals surface area (Å²) >= 11 is 0. The van der Waals surface area contributed by atoms with Crippen molar-refractivity contribution in [3.63, 3.8) is 0 Å². The topological polar surface area (TPSA) is 55.3 Å². The van der Waals surface area contributed by atoms with Crippen LogP contribution in [0.25, 0.3) is 11.4 Å². The zero-order valence-electron chi connectivity index (χ0n) is 14.4. The van der Waals surface area contributed by atoms with Gasteiger partial charge in [-0.2, -0.15) is 13.2 Å². The molecule has 0 amide bonds. The predicted molar refractivity (Wildman–Crippen MR) is 91.9 cm³/mol. The number of halogens is 3. The number of hydrogen-bond donors (Lipinski definition) is 0. The van der Waals surface area contributed by atoms with E-state index in [4.69, 9.17) is 4.74 Å². The third kappa shape index (κ3) is 4.38. The van der Waals surface area contributed by atoms with Crippen LogP contribution >= 0.6 is 0 Å². The Labute approximate surface area is 149 Å². The summed E-state index contributed by atoms with van der Waals surface area (Å²) in [6.07, 6.45) is -1.60. The van der Waals surface area contributed by atoms with Crippen molar-refractivity contribution in [2.45, 2.75) is 13.1 Å². The van der Waals surface area contributed by atoms with Crippen LogP contribution in [0.2, 0.25) is 0 Å². The summed E-state index contributed by atoms with van der Waals surface area (Å²) in [5.74, 6) is -0.269. The lowest BCUT2D eigenvalue weighted by molar-refractivity contribution is -0.137. The van der Waals surface area contributed by atoms with Crippen LogP contribution in [-0.2, 0) is 10.9 Å². The van der Waals surface area contributed by atoms with Crippen LogP contribution in [-0.4, -0.2) is 36.1 Å². The van der Waals surface area contributed by atoms with Crippen molar-refractivity contribution in [1.82, 2.24) is 9.97 Å². The van der Waals surface area contributed by atoms with Crippen molar-refractivity contribution in [3.8, 4) is 11.4 Å². The molecule has 0 radical (unpaired) electrons. The number of esters is 1. The van der Waals surface area contributed by atoms with Crippen LogP contribution in [0.3, 0.4) is 0 Å². The third-order valence-corrected chi connectivity index (χ3v) is 3.48. The second kappa shape index (κ2) is 7.99. The van der Waals surface area contributed by atoms with Crippen molar-refractivity contribution in [3.05, 3.63) is 54.2 Å². The number of nitrogens with zero attached hydrogens (tertiary/aromatic N) is 3. The van der Waals surface area contributed by atoms with Gasteiger partial charge in [-0.1, -0.05) is 18.2 Å². The lowest BCUT2D eigenvalue weighted by Crippen LogP contribution is -2.22. The highest BCUT2D eigenvalue weighted by molar-refractivity contribution is 5.94. The molecule has 0 bridgehead atoms. The van der Waals surface area contributed by atoms with Gasteiger partial charge < -0.3 is 9.64 Å². The number of benzene rings is 1. The Morgan fingerprint density at radius 3 is 2.73 bits per heavy atom. The molecule has 0 N–H and O–H groups in total. The first-order chi connectivity index (χ1) is 12.3. The van der Waals surface area contributed by atoms with Crippen molar-refractivity contribution in [1.29, 1.82) is 0 Å². The van der Waals surface area contributed by atoms with Gasteiger partial charge in [0.1, 0.15) is 11.4 Å². The zero-order valence-corrected chi connectivity index (χ0v) is 14.4. The lowest BCUT2D eigenvalue weighted by atomic mass is 10.1. The fourth-order valence-corrected chi connectivity index (χ4v) is 2.27. The summed E-state index contributed by atoms with van der Waals surface area (Å²) < 4.78 is 43.8. The average Bonchev–Trinajstić information content (AvgIpc) is 2.61. The molecule has 26 heavy (non-hydrogen) atoms. The molecule has 5 nitrogen and oxygen atoms in total. The molecule has 1 heterocycles. The molecule has 0 unspecified atom stereocenters. The maximum Gasteiger partial charge on any atom is 0.416 e. The quantitative estimate of drug-likeness (QED) is 0.573. The summed E-state index contributed by atoms with van der Waals surface area (Å²) in [4.78, 5) is 22.1. The number of carbonyl (C=O) groups excluding carboxylic acids is 1. The zero-order chi connectivity index (χ0) is 19.3. The molecule has 0 atom stereocenters. The predicted octanol–water partition coefficient (Wildman–Crippen LogP) is 3.96. The van der Waals surface area contributed by atoms with Gasteiger partial charge in [0.15, 0.2) is 5.82 Å². The van der Waals surface area contributed by atoms with Crippen LogP contribution < -0.4 is 4.90 Å². The Balaban J connectivity index is 2.53. The van der Waals surface area contributed by atoms with Gasteiger partial charge in [0.25, 0.3) is 0 Å². The number of anilines is 1. The van der Waals surface area contributed by atoms with Gasteiger partial charge in [-0.25, -0.2) is 14.8 Å². The third-order valence-electron chi connectivity index (χ3n) is 3.48. The van der Waals surface area contributed by atoms with E-state index in [0.717, 1.165) is 12.1 Å². The SMILES string of the molecule is C=CCN(C)c1nc(-c2cccc(C(F)(F)F)c2)ncc1C(=O)OCC. The highest BCUT2D eigenvalue weighted by Crippen LogP contribution is 2.32. The summed E-state index contributed by atoms with van der Waals surface area (Å²) in [5.41, 5.74) is -0.468. The summed E-state index contributed by atoms with van der Waals surface area (Å²) in [5, 5.41) is 0. The van der Waals surface area contributed by atoms with Crippen LogP contribution in [0, 0.1) is 0 Å². The van der Waals surface area contributed by atoms with Crippen LogP contribution in [0.15, 0.2) is 43.1 Å². The van der Waals surface area contributed by atoms with E-state index in [9.17, 15) is 18.0 Å². The maximum atomic E-state index is 12.9. The van der Waals surface area contributed by atoms with E-state index in [1.165, 1.54) is 18.3 Å². The average molecular weight is 365 g/mol. The normalized spacial score (nSPS) is 11.1. The number of carbonyl (C=O) groups is 1. The molecular weight excluding hydrogens is 347 g/mol. The number of alkyl halides is 3. The molecule has 2 rings (SSSR count). The summed E-state index contributed by atoms with van der Waals surface area (Å²) in [7, 11) is 1.68. The maximum absolute atomic E-state index is 12.9.